The molecule has 1 unspecified atom stereocenters. The molecule has 0 bridgehead atoms. The van der Waals surface area contributed by atoms with Crippen molar-refractivity contribution in [1.82, 2.24) is 4.90 Å². The number of carboxylic acid groups (broad SMARTS) is 1. The predicted octanol–water partition coefficient (Wildman–Crippen LogP) is 8.30. The van der Waals surface area contributed by atoms with Crippen molar-refractivity contribution in [2.24, 2.45) is 0 Å². The number of carbonyl (C=O) groups excluding carboxylic acids is 1. The molecular weight excluding hydrogens is 726 g/mol. The SMILES string of the molecule is CC(CCOc1cc(F)c(COC(=O)CCC(=O)O)c(S(C)(=O)=O)c1)N(Cc1cccc(C(F)(F)F)c1Cl)CC(c1ccccc1)c1ccccc1. The first-order valence-electron chi connectivity index (χ1n) is 16.3. The maximum Gasteiger partial charge on any atom is 0.417 e. The van der Waals surface area contributed by atoms with Gasteiger partial charge in [0.05, 0.1) is 34.9 Å². The highest BCUT2D eigenvalue weighted by atomic mass is 35.5. The normalized spacial score (nSPS) is 12.6. The van der Waals surface area contributed by atoms with E-state index in [9.17, 15) is 31.2 Å². The van der Waals surface area contributed by atoms with E-state index in [0.717, 1.165) is 35.6 Å². The molecule has 0 radical (unpaired) electrons. The lowest BCUT2D eigenvalue weighted by Crippen LogP contribution is -2.37. The molecule has 1 atom stereocenters. The summed E-state index contributed by atoms with van der Waals surface area (Å²) in [5, 5.41) is 8.36. The van der Waals surface area contributed by atoms with Gasteiger partial charge in [-0.2, -0.15) is 13.2 Å². The smallest absolute Gasteiger partial charge is 0.417 e. The summed E-state index contributed by atoms with van der Waals surface area (Å²) in [7, 11) is -4.03. The number of hydrogen-bond donors (Lipinski definition) is 1. The summed E-state index contributed by atoms with van der Waals surface area (Å²) in [5.74, 6) is -3.46. The number of carbonyl (C=O) groups is 2. The maximum atomic E-state index is 15.3. The number of sulfone groups is 1. The van der Waals surface area contributed by atoms with Gasteiger partial charge in [0, 0.05) is 42.9 Å². The van der Waals surface area contributed by atoms with E-state index in [1.54, 1.807) is 6.07 Å². The van der Waals surface area contributed by atoms with Crippen molar-refractivity contribution < 1.29 is 50.1 Å². The molecule has 0 amide bonds. The van der Waals surface area contributed by atoms with E-state index in [1.807, 2.05) is 72.5 Å². The van der Waals surface area contributed by atoms with E-state index in [1.165, 1.54) is 6.07 Å². The number of ether oxygens (including phenoxy) is 2. The second kappa shape index (κ2) is 17.8. The third kappa shape index (κ3) is 11.3. The van der Waals surface area contributed by atoms with Crippen molar-refractivity contribution in [3.8, 4) is 5.75 Å². The van der Waals surface area contributed by atoms with Gasteiger partial charge in [-0.05, 0) is 42.2 Å². The van der Waals surface area contributed by atoms with Gasteiger partial charge in [0.15, 0.2) is 9.84 Å². The summed E-state index contributed by atoms with van der Waals surface area (Å²) >= 11 is 6.34. The fourth-order valence-electron chi connectivity index (χ4n) is 5.65. The monoisotopic (exact) mass is 763 g/mol. The number of alkyl halides is 3. The zero-order valence-corrected chi connectivity index (χ0v) is 30.0. The number of benzene rings is 4. The van der Waals surface area contributed by atoms with Crippen molar-refractivity contribution in [3.05, 3.63) is 130 Å². The highest BCUT2D eigenvalue weighted by molar-refractivity contribution is 7.90. The van der Waals surface area contributed by atoms with Crippen LogP contribution >= 0.6 is 11.6 Å². The summed E-state index contributed by atoms with van der Waals surface area (Å²) in [6.45, 7) is 1.56. The Morgan fingerprint density at radius 3 is 2.10 bits per heavy atom. The standard InChI is InChI=1S/C38H38ClF4NO7S/c1-25(18-19-50-29-20-33(40)31(34(21-29)52(2,48)49)24-51-36(47)17-16-35(45)46)44(22-28-14-9-15-32(37(28)39)38(41,42)43)23-30(26-10-5-3-6-11-26)27-12-7-4-8-13-27/h3-15,20-21,25,30H,16-19,22-24H2,1-2H3,(H,45,46). The molecule has 1 N–H and O–H groups in total. The first kappa shape index (κ1) is 40.3. The molecule has 0 spiro atoms. The zero-order chi connectivity index (χ0) is 38.1. The van der Waals surface area contributed by atoms with Gasteiger partial charge in [-0.15, -0.1) is 0 Å². The quantitative estimate of drug-likeness (QED) is 0.0846. The average molecular weight is 764 g/mol. The van der Waals surface area contributed by atoms with Crippen LogP contribution in [0.3, 0.4) is 0 Å². The lowest BCUT2D eigenvalue weighted by Gasteiger charge is -2.34. The molecular formula is C38H38ClF4NO7S. The Labute approximate surface area is 304 Å². The second-order valence-electron chi connectivity index (χ2n) is 12.3. The van der Waals surface area contributed by atoms with Crippen LogP contribution in [0.2, 0.25) is 5.02 Å². The van der Waals surface area contributed by atoms with Gasteiger partial charge in [-0.1, -0.05) is 84.4 Å². The molecule has 278 valence electrons. The molecule has 0 fully saturated rings. The molecule has 0 aliphatic heterocycles. The Balaban J connectivity index is 1.58. The van der Waals surface area contributed by atoms with Gasteiger partial charge in [-0.3, -0.25) is 14.5 Å². The maximum absolute atomic E-state index is 15.3. The van der Waals surface area contributed by atoms with Crippen molar-refractivity contribution in [1.29, 1.82) is 0 Å². The van der Waals surface area contributed by atoms with Crippen LogP contribution < -0.4 is 4.74 Å². The molecule has 14 heteroatoms. The Morgan fingerprint density at radius 2 is 1.54 bits per heavy atom. The minimum atomic E-state index is -4.65. The summed E-state index contributed by atoms with van der Waals surface area (Å²) in [6, 6.07) is 24.9. The number of nitrogens with zero attached hydrogens (tertiary/aromatic N) is 1. The lowest BCUT2D eigenvalue weighted by molar-refractivity contribution is -0.148. The molecule has 0 saturated carbocycles. The Kier molecular flexibility index (Phi) is 13.8. The minimum absolute atomic E-state index is 0.0263. The number of carboxylic acids is 1. The van der Waals surface area contributed by atoms with Gasteiger partial charge >= 0.3 is 18.1 Å². The summed E-state index contributed by atoms with van der Waals surface area (Å²) < 4.78 is 92.5. The van der Waals surface area contributed by atoms with Crippen LogP contribution in [0.4, 0.5) is 17.6 Å². The fourth-order valence-corrected chi connectivity index (χ4v) is 6.88. The van der Waals surface area contributed by atoms with E-state index in [0.29, 0.717) is 13.0 Å². The predicted molar refractivity (Wildman–Crippen MR) is 187 cm³/mol. The molecule has 0 saturated heterocycles. The average Bonchev–Trinajstić information content (AvgIpc) is 3.09. The van der Waals surface area contributed by atoms with E-state index in [4.69, 9.17) is 26.2 Å². The second-order valence-corrected chi connectivity index (χ2v) is 14.6. The first-order valence-corrected chi connectivity index (χ1v) is 18.5. The van der Waals surface area contributed by atoms with E-state index >= 15 is 4.39 Å². The highest BCUT2D eigenvalue weighted by Crippen LogP contribution is 2.37. The summed E-state index contributed by atoms with van der Waals surface area (Å²) in [4.78, 5) is 24.2. The molecule has 0 aliphatic carbocycles. The Morgan fingerprint density at radius 1 is 0.923 bits per heavy atom. The topological polar surface area (TPSA) is 110 Å². The van der Waals surface area contributed by atoms with Crippen molar-refractivity contribution >= 4 is 33.4 Å². The van der Waals surface area contributed by atoms with E-state index in [-0.39, 0.29) is 36.4 Å². The molecule has 0 aliphatic rings. The number of hydrogen-bond acceptors (Lipinski definition) is 7. The van der Waals surface area contributed by atoms with Crippen LogP contribution in [0.25, 0.3) is 0 Å². The molecule has 0 aromatic heterocycles. The van der Waals surface area contributed by atoms with Crippen molar-refractivity contribution in [3.63, 3.8) is 0 Å². The highest BCUT2D eigenvalue weighted by Gasteiger charge is 2.34. The van der Waals surface area contributed by atoms with Crippen LogP contribution in [-0.2, 0) is 43.5 Å². The minimum Gasteiger partial charge on any atom is -0.493 e. The van der Waals surface area contributed by atoms with Gasteiger partial charge in [0.25, 0.3) is 0 Å². The summed E-state index contributed by atoms with van der Waals surface area (Å²) in [6.07, 6.45) is -4.47. The van der Waals surface area contributed by atoms with Gasteiger partial charge in [0.2, 0.25) is 0 Å². The number of halogens is 5. The molecule has 4 aromatic carbocycles. The number of esters is 1. The lowest BCUT2D eigenvalue weighted by atomic mass is 9.90. The van der Waals surface area contributed by atoms with Gasteiger partial charge in [0.1, 0.15) is 18.2 Å². The number of aliphatic carboxylic acids is 1. The van der Waals surface area contributed by atoms with Crippen LogP contribution in [0.1, 0.15) is 59.9 Å². The van der Waals surface area contributed by atoms with Crippen LogP contribution in [0.5, 0.6) is 5.75 Å². The Hall–Kier alpha value is -4.46. The largest absolute Gasteiger partial charge is 0.493 e. The third-order valence-corrected chi connectivity index (χ3v) is 10.1. The van der Waals surface area contributed by atoms with Crippen molar-refractivity contribution in [2.75, 3.05) is 19.4 Å². The first-order chi connectivity index (χ1) is 24.5. The van der Waals surface area contributed by atoms with Crippen molar-refractivity contribution in [2.45, 2.75) is 62.4 Å². The molecule has 52 heavy (non-hydrogen) atoms. The Bertz CT molecular complexity index is 1900. The molecule has 0 heterocycles. The van der Waals surface area contributed by atoms with Gasteiger partial charge in [-0.25, -0.2) is 12.8 Å². The third-order valence-electron chi connectivity index (χ3n) is 8.45. The van der Waals surface area contributed by atoms with Crippen LogP contribution in [-0.4, -0.2) is 55.8 Å². The van der Waals surface area contributed by atoms with E-state index in [2.05, 4.69) is 0 Å². The molecule has 4 aromatic rings. The fraction of sp³-hybridized carbons (Fsp3) is 0.316. The molecule has 4 rings (SSSR count). The number of rotatable bonds is 17. The van der Waals surface area contributed by atoms with E-state index < -0.39 is 74.3 Å². The summed E-state index contributed by atoms with van der Waals surface area (Å²) in [5.41, 5.74) is 0.919. The molecule has 8 nitrogen and oxygen atoms in total. The van der Waals surface area contributed by atoms with Crippen LogP contribution in [0, 0.1) is 5.82 Å². The van der Waals surface area contributed by atoms with Gasteiger partial charge < -0.3 is 14.6 Å². The van der Waals surface area contributed by atoms with Crippen LogP contribution in [0.15, 0.2) is 95.9 Å². The zero-order valence-electron chi connectivity index (χ0n) is 28.4.